The van der Waals surface area contributed by atoms with E-state index >= 15 is 0 Å². The molecule has 1 heterocycles. The van der Waals surface area contributed by atoms with Crippen molar-refractivity contribution in [2.75, 3.05) is 11.4 Å². The summed E-state index contributed by atoms with van der Waals surface area (Å²) in [5, 5.41) is 9.34. The highest BCUT2D eigenvalue weighted by molar-refractivity contribution is 5.94. The first kappa shape index (κ1) is 12.7. The molecule has 1 fully saturated rings. The van der Waals surface area contributed by atoms with Crippen molar-refractivity contribution in [2.24, 2.45) is 0 Å². The summed E-state index contributed by atoms with van der Waals surface area (Å²) in [4.78, 5) is 12.9. The smallest absolute Gasteiger partial charge is 0.416 e. The molecule has 0 spiro atoms. The number of carbonyl (C=O) groups is 1. The number of carbonyl (C=O) groups excluding carboxylic acids is 1. The van der Waals surface area contributed by atoms with Crippen LogP contribution in [0.5, 0.6) is 5.75 Å². The maximum absolute atomic E-state index is 12.6. The zero-order chi connectivity index (χ0) is 13.3. The predicted octanol–water partition coefficient (Wildman–Crippen LogP) is 2.93. The van der Waals surface area contributed by atoms with Crippen LogP contribution >= 0.6 is 0 Å². The quantitative estimate of drug-likeness (QED) is 0.842. The Kier molecular flexibility index (Phi) is 3.19. The standard InChI is InChI=1S/C12H12F3NO2/c13-12(14,15)8-5-9(7-10(17)6-8)16-4-2-1-3-11(16)18/h5-7,17H,1-4H2. The third-order valence-electron chi connectivity index (χ3n) is 2.86. The van der Waals surface area contributed by atoms with Crippen LogP contribution in [0.3, 0.4) is 0 Å². The van der Waals surface area contributed by atoms with E-state index < -0.39 is 17.5 Å². The summed E-state index contributed by atoms with van der Waals surface area (Å²) < 4.78 is 37.8. The SMILES string of the molecule is O=C1CCCCN1c1cc(O)cc(C(F)(F)F)c1. The molecule has 6 heteroatoms. The molecule has 2 rings (SSSR count). The van der Waals surface area contributed by atoms with Gasteiger partial charge in [0.15, 0.2) is 0 Å². The monoisotopic (exact) mass is 259 g/mol. The summed E-state index contributed by atoms with van der Waals surface area (Å²) in [5.41, 5.74) is -0.845. The van der Waals surface area contributed by atoms with Gasteiger partial charge in [-0.25, -0.2) is 0 Å². The number of phenols is 1. The van der Waals surface area contributed by atoms with Gasteiger partial charge in [0.25, 0.3) is 0 Å². The molecule has 0 radical (unpaired) electrons. The molecule has 0 aromatic heterocycles. The highest BCUT2D eigenvalue weighted by atomic mass is 19.4. The summed E-state index contributed by atoms with van der Waals surface area (Å²) in [6, 6.07) is 2.72. The Balaban J connectivity index is 2.38. The second-order valence-corrected chi connectivity index (χ2v) is 4.24. The van der Waals surface area contributed by atoms with Crippen LogP contribution in [0.25, 0.3) is 0 Å². The van der Waals surface area contributed by atoms with Crippen molar-refractivity contribution in [3.63, 3.8) is 0 Å². The molecule has 0 saturated carbocycles. The highest BCUT2D eigenvalue weighted by Gasteiger charge is 2.32. The lowest BCUT2D eigenvalue weighted by molar-refractivity contribution is -0.137. The van der Waals surface area contributed by atoms with Crippen molar-refractivity contribution in [3.8, 4) is 5.75 Å². The molecule has 0 aliphatic carbocycles. The largest absolute Gasteiger partial charge is 0.508 e. The number of alkyl halides is 3. The number of piperidine rings is 1. The Morgan fingerprint density at radius 1 is 1.17 bits per heavy atom. The molecule has 1 aliphatic rings. The topological polar surface area (TPSA) is 40.5 Å². The molecule has 0 unspecified atom stereocenters. The number of anilines is 1. The number of hydrogen-bond donors (Lipinski definition) is 1. The van der Waals surface area contributed by atoms with Crippen LogP contribution in [-0.2, 0) is 11.0 Å². The van der Waals surface area contributed by atoms with E-state index in [1.54, 1.807) is 0 Å². The molecule has 1 aromatic carbocycles. The minimum Gasteiger partial charge on any atom is -0.508 e. The minimum atomic E-state index is -4.54. The van der Waals surface area contributed by atoms with Crippen LogP contribution in [0.1, 0.15) is 24.8 Å². The number of aromatic hydroxyl groups is 1. The second kappa shape index (κ2) is 4.51. The molecule has 1 saturated heterocycles. The van der Waals surface area contributed by atoms with Crippen LogP contribution in [0.4, 0.5) is 18.9 Å². The molecule has 98 valence electrons. The van der Waals surface area contributed by atoms with Gasteiger partial charge in [-0.2, -0.15) is 13.2 Å². The predicted molar refractivity (Wildman–Crippen MR) is 59.3 cm³/mol. The van der Waals surface area contributed by atoms with E-state index in [1.807, 2.05) is 0 Å². The first-order chi connectivity index (χ1) is 8.38. The fourth-order valence-corrected chi connectivity index (χ4v) is 1.99. The Hall–Kier alpha value is -1.72. The van der Waals surface area contributed by atoms with Crippen LogP contribution in [0.2, 0.25) is 0 Å². The molecule has 1 aromatic rings. The van der Waals surface area contributed by atoms with Crippen LogP contribution in [0, 0.1) is 0 Å². The van der Waals surface area contributed by atoms with Gasteiger partial charge in [-0.15, -0.1) is 0 Å². The molecular weight excluding hydrogens is 247 g/mol. The lowest BCUT2D eigenvalue weighted by Crippen LogP contribution is -2.35. The van der Waals surface area contributed by atoms with Gasteiger partial charge in [-0.1, -0.05) is 0 Å². The van der Waals surface area contributed by atoms with Gasteiger partial charge in [0.05, 0.1) is 5.56 Å². The van der Waals surface area contributed by atoms with E-state index in [1.165, 1.54) is 11.0 Å². The van der Waals surface area contributed by atoms with Gasteiger partial charge in [-0.05, 0) is 25.0 Å². The summed E-state index contributed by atoms with van der Waals surface area (Å²) in [5.74, 6) is -0.696. The van der Waals surface area contributed by atoms with Crippen LogP contribution in [-0.4, -0.2) is 17.6 Å². The van der Waals surface area contributed by atoms with Crippen molar-refractivity contribution in [2.45, 2.75) is 25.4 Å². The number of hydrogen-bond acceptors (Lipinski definition) is 2. The fraction of sp³-hybridized carbons (Fsp3) is 0.417. The van der Waals surface area contributed by atoms with E-state index in [4.69, 9.17) is 0 Å². The molecule has 0 atom stereocenters. The van der Waals surface area contributed by atoms with Gasteiger partial charge in [-0.3, -0.25) is 4.79 Å². The van der Waals surface area contributed by atoms with Crippen molar-refractivity contribution < 1.29 is 23.1 Å². The summed E-state index contributed by atoms with van der Waals surface area (Å²) in [7, 11) is 0. The number of benzene rings is 1. The molecule has 18 heavy (non-hydrogen) atoms. The third kappa shape index (κ3) is 2.57. The zero-order valence-corrected chi connectivity index (χ0v) is 9.50. The first-order valence-electron chi connectivity index (χ1n) is 5.59. The van der Waals surface area contributed by atoms with E-state index in [0.29, 0.717) is 19.0 Å². The molecule has 1 amide bonds. The fourth-order valence-electron chi connectivity index (χ4n) is 1.99. The normalized spacial score (nSPS) is 17.1. The lowest BCUT2D eigenvalue weighted by atomic mass is 10.1. The third-order valence-corrected chi connectivity index (χ3v) is 2.86. The van der Waals surface area contributed by atoms with Crippen molar-refractivity contribution in [1.82, 2.24) is 0 Å². The Morgan fingerprint density at radius 3 is 2.50 bits per heavy atom. The molecule has 3 nitrogen and oxygen atoms in total. The minimum absolute atomic E-state index is 0.104. The summed E-state index contributed by atoms with van der Waals surface area (Å²) >= 11 is 0. The average molecular weight is 259 g/mol. The van der Waals surface area contributed by atoms with Gasteiger partial charge in [0.1, 0.15) is 5.75 Å². The Bertz CT molecular complexity index is 471. The number of phenolic OH excluding ortho intramolecular Hbond substituents is 1. The van der Waals surface area contributed by atoms with Crippen molar-refractivity contribution in [1.29, 1.82) is 0 Å². The molecule has 1 N–H and O–H groups in total. The van der Waals surface area contributed by atoms with Gasteiger partial charge in [0, 0.05) is 24.7 Å². The number of rotatable bonds is 1. The van der Waals surface area contributed by atoms with Crippen LogP contribution < -0.4 is 4.90 Å². The maximum atomic E-state index is 12.6. The maximum Gasteiger partial charge on any atom is 0.416 e. The Morgan fingerprint density at radius 2 is 1.89 bits per heavy atom. The van der Waals surface area contributed by atoms with Crippen molar-refractivity contribution in [3.05, 3.63) is 23.8 Å². The molecular formula is C12H12F3NO2. The zero-order valence-electron chi connectivity index (χ0n) is 9.50. The lowest BCUT2D eigenvalue weighted by Gasteiger charge is -2.27. The number of halogens is 3. The molecule has 0 bridgehead atoms. The number of nitrogens with zero attached hydrogens (tertiary/aromatic N) is 1. The van der Waals surface area contributed by atoms with E-state index in [9.17, 15) is 23.1 Å². The van der Waals surface area contributed by atoms with E-state index in [0.717, 1.165) is 18.9 Å². The van der Waals surface area contributed by atoms with Gasteiger partial charge in [0.2, 0.25) is 5.91 Å². The molecule has 1 aliphatic heterocycles. The van der Waals surface area contributed by atoms with E-state index in [-0.39, 0.29) is 11.6 Å². The second-order valence-electron chi connectivity index (χ2n) is 4.24. The first-order valence-corrected chi connectivity index (χ1v) is 5.59. The van der Waals surface area contributed by atoms with E-state index in [2.05, 4.69) is 0 Å². The Labute approximate surface area is 102 Å². The highest BCUT2D eigenvalue weighted by Crippen LogP contribution is 2.35. The van der Waals surface area contributed by atoms with Crippen LogP contribution in [0.15, 0.2) is 18.2 Å². The van der Waals surface area contributed by atoms with Crippen molar-refractivity contribution >= 4 is 11.6 Å². The summed E-state index contributed by atoms with van der Waals surface area (Å²) in [6.07, 6.45) is -2.70. The number of amides is 1. The van der Waals surface area contributed by atoms with Gasteiger partial charge >= 0.3 is 6.18 Å². The average Bonchev–Trinajstić information content (AvgIpc) is 2.27. The van der Waals surface area contributed by atoms with Gasteiger partial charge < -0.3 is 10.0 Å². The summed E-state index contributed by atoms with van der Waals surface area (Å²) in [6.45, 7) is 0.388.